The molecule has 0 saturated carbocycles. The van der Waals surface area contributed by atoms with E-state index in [-0.39, 0.29) is 32.0 Å². The van der Waals surface area contributed by atoms with Crippen LogP contribution in [0.1, 0.15) is 42.4 Å². The number of ether oxygens (including phenoxy) is 3. The molecule has 0 unspecified atom stereocenters. The van der Waals surface area contributed by atoms with Crippen molar-refractivity contribution in [2.24, 2.45) is 0 Å². The Balaban J connectivity index is 1.31. The van der Waals surface area contributed by atoms with Crippen LogP contribution in [0.2, 0.25) is 0 Å². The van der Waals surface area contributed by atoms with Gasteiger partial charge >= 0.3 is 12.0 Å². The number of para-hydroxylation sites is 1. The second-order valence-corrected chi connectivity index (χ2v) is 10.6. The Labute approximate surface area is 252 Å². The molecule has 3 aromatic carbocycles. The summed E-state index contributed by atoms with van der Waals surface area (Å²) in [5.41, 5.74) is 3.85. The second-order valence-electron chi connectivity index (χ2n) is 9.61. The molecule has 4 aromatic rings. The van der Waals surface area contributed by atoms with Crippen molar-refractivity contribution in [3.05, 3.63) is 95.6 Å². The first-order chi connectivity index (χ1) is 21.0. The van der Waals surface area contributed by atoms with Crippen LogP contribution in [-0.2, 0) is 25.6 Å². The fourth-order valence-corrected chi connectivity index (χ4v) is 5.40. The van der Waals surface area contributed by atoms with Crippen LogP contribution in [0.25, 0.3) is 5.69 Å². The standard InChI is InChI=1S/C30H32N6O6S/c1-2-40-27(38)17-31-29(39)32-23-8-6-7-22(15-23)28-41-25(16-26(42-28)21-13-11-20(18-37)12-14-21)19-43-30-33-34-35-36(30)24-9-4-3-5-10-24/h3-15,25-26,28,37H,2,16-19H2,1H3,(H2,31,32,39)/t25-,26+,28+/m1/s1. The minimum atomic E-state index is -0.726. The third-order valence-corrected chi connectivity index (χ3v) is 7.62. The van der Waals surface area contributed by atoms with E-state index in [9.17, 15) is 14.7 Å². The van der Waals surface area contributed by atoms with Crippen molar-refractivity contribution in [1.82, 2.24) is 25.5 Å². The fraction of sp³-hybridized carbons (Fsp3) is 0.300. The molecule has 3 N–H and O–H groups in total. The van der Waals surface area contributed by atoms with Crippen molar-refractivity contribution in [2.45, 2.75) is 43.6 Å². The van der Waals surface area contributed by atoms with Crippen LogP contribution in [-0.4, -0.2) is 62.3 Å². The number of amides is 2. The van der Waals surface area contributed by atoms with Crippen LogP contribution >= 0.6 is 11.8 Å². The number of nitrogens with zero attached hydrogens (tertiary/aromatic N) is 4. The molecule has 0 spiro atoms. The largest absolute Gasteiger partial charge is 0.465 e. The highest BCUT2D eigenvalue weighted by Crippen LogP contribution is 2.39. The highest BCUT2D eigenvalue weighted by atomic mass is 32.2. The maximum atomic E-state index is 12.3. The van der Waals surface area contributed by atoms with E-state index in [1.54, 1.807) is 29.8 Å². The number of anilines is 1. The molecule has 12 nitrogen and oxygen atoms in total. The first-order valence-corrected chi connectivity index (χ1v) is 14.8. The van der Waals surface area contributed by atoms with E-state index in [2.05, 4.69) is 26.2 Å². The smallest absolute Gasteiger partial charge is 0.325 e. The summed E-state index contributed by atoms with van der Waals surface area (Å²) in [7, 11) is 0. The number of esters is 1. The van der Waals surface area contributed by atoms with Crippen molar-refractivity contribution < 1.29 is 28.9 Å². The number of thioether (sulfide) groups is 1. The van der Waals surface area contributed by atoms with Crippen LogP contribution in [0, 0.1) is 0 Å². The van der Waals surface area contributed by atoms with Gasteiger partial charge in [0.1, 0.15) is 6.54 Å². The molecule has 3 atom stereocenters. The lowest BCUT2D eigenvalue weighted by atomic mass is 10.0. The molecule has 1 aliphatic heterocycles. The van der Waals surface area contributed by atoms with Crippen LogP contribution in [0.3, 0.4) is 0 Å². The summed E-state index contributed by atoms with van der Waals surface area (Å²) in [4.78, 5) is 23.9. The number of aromatic nitrogens is 4. The molecule has 43 heavy (non-hydrogen) atoms. The summed E-state index contributed by atoms with van der Waals surface area (Å²) < 4.78 is 19.4. The Bertz CT molecular complexity index is 1500. The van der Waals surface area contributed by atoms with Gasteiger partial charge in [-0.05, 0) is 52.7 Å². The zero-order chi connectivity index (χ0) is 30.0. The van der Waals surface area contributed by atoms with Gasteiger partial charge in [0.2, 0.25) is 5.16 Å². The summed E-state index contributed by atoms with van der Waals surface area (Å²) >= 11 is 1.49. The minimum Gasteiger partial charge on any atom is -0.465 e. The number of hydrogen-bond donors (Lipinski definition) is 3. The van der Waals surface area contributed by atoms with Gasteiger partial charge in [0.25, 0.3) is 0 Å². The van der Waals surface area contributed by atoms with E-state index in [0.29, 0.717) is 28.6 Å². The molecule has 13 heteroatoms. The Morgan fingerprint density at radius 3 is 2.63 bits per heavy atom. The summed E-state index contributed by atoms with van der Waals surface area (Å²) in [6.45, 7) is 1.66. The van der Waals surface area contributed by atoms with E-state index >= 15 is 0 Å². The van der Waals surface area contributed by atoms with Crippen molar-refractivity contribution in [3.8, 4) is 5.69 Å². The first kappa shape index (κ1) is 30.2. The number of aliphatic hydroxyl groups excluding tert-OH is 1. The number of benzene rings is 3. The van der Waals surface area contributed by atoms with Gasteiger partial charge in [0, 0.05) is 23.4 Å². The SMILES string of the molecule is CCOC(=O)CNC(=O)Nc1cccc([C@H]2O[C@@H](CSc3nnnn3-c3ccccc3)C[C@@H](c3ccc(CO)cc3)O2)c1. The molecule has 224 valence electrons. The lowest BCUT2D eigenvalue weighted by Crippen LogP contribution is -2.34. The molecule has 1 aromatic heterocycles. The minimum absolute atomic E-state index is 0.0416. The molecule has 0 radical (unpaired) electrons. The normalized spacial score (nSPS) is 18.1. The maximum absolute atomic E-state index is 12.3. The molecule has 2 heterocycles. The summed E-state index contributed by atoms with van der Waals surface area (Å²) in [5.74, 6) is 0.0436. The Morgan fingerprint density at radius 1 is 1.05 bits per heavy atom. The first-order valence-electron chi connectivity index (χ1n) is 13.8. The van der Waals surface area contributed by atoms with Gasteiger partial charge in [0.15, 0.2) is 6.29 Å². The highest BCUT2D eigenvalue weighted by Gasteiger charge is 2.33. The van der Waals surface area contributed by atoms with Crippen LogP contribution in [0.15, 0.2) is 84.0 Å². The van der Waals surface area contributed by atoms with Crippen molar-refractivity contribution in [1.29, 1.82) is 0 Å². The van der Waals surface area contributed by atoms with Gasteiger partial charge < -0.3 is 30.0 Å². The lowest BCUT2D eigenvalue weighted by Gasteiger charge is -2.36. The number of carbonyl (C=O) groups is 2. The molecule has 5 rings (SSSR count). The summed E-state index contributed by atoms with van der Waals surface area (Å²) in [6, 6.07) is 23.9. The highest BCUT2D eigenvalue weighted by molar-refractivity contribution is 7.99. The number of hydrogen-bond acceptors (Lipinski definition) is 10. The number of aliphatic hydroxyl groups is 1. The molecule has 2 amide bonds. The maximum Gasteiger partial charge on any atom is 0.325 e. The predicted octanol–water partition coefficient (Wildman–Crippen LogP) is 4.18. The second kappa shape index (κ2) is 14.7. The molecule has 0 bridgehead atoms. The van der Waals surface area contributed by atoms with Crippen molar-refractivity contribution in [2.75, 3.05) is 24.2 Å². The number of urea groups is 1. The van der Waals surface area contributed by atoms with Gasteiger partial charge in [-0.1, -0.05) is 66.4 Å². The molecule has 1 fully saturated rings. The number of rotatable bonds is 11. The average Bonchev–Trinajstić information content (AvgIpc) is 3.52. The fourth-order valence-electron chi connectivity index (χ4n) is 4.49. The molecular formula is C30H32N6O6S. The number of tetrazole rings is 1. The third-order valence-electron chi connectivity index (χ3n) is 6.57. The number of nitrogens with one attached hydrogen (secondary N) is 2. The Morgan fingerprint density at radius 2 is 1.86 bits per heavy atom. The Kier molecular flexibility index (Phi) is 10.3. The van der Waals surface area contributed by atoms with Gasteiger partial charge in [-0.2, -0.15) is 4.68 Å². The molecule has 1 aliphatic rings. The molecule has 0 aliphatic carbocycles. The van der Waals surface area contributed by atoms with E-state index in [4.69, 9.17) is 14.2 Å². The van der Waals surface area contributed by atoms with E-state index < -0.39 is 18.3 Å². The van der Waals surface area contributed by atoms with Gasteiger partial charge in [0.05, 0.1) is 31.1 Å². The van der Waals surface area contributed by atoms with E-state index in [1.807, 2.05) is 60.7 Å². The van der Waals surface area contributed by atoms with Crippen molar-refractivity contribution >= 4 is 29.4 Å². The topological polar surface area (TPSA) is 150 Å². The van der Waals surface area contributed by atoms with Gasteiger partial charge in [-0.15, -0.1) is 5.10 Å². The predicted molar refractivity (Wildman–Crippen MR) is 158 cm³/mol. The van der Waals surface area contributed by atoms with Gasteiger partial charge in [-0.3, -0.25) is 4.79 Å². The quantitative estimate of drug-likeness (QED) is 0.168. The van der Waals surface area contributed by atoms with Crippen molar-refractivity contribution in [3.63, 3.8) is 0 Å². The third kappa shape index (κ3) is 8.17. The van der Waals surface area contributed by atoms with Gasteiger partial charge in [-0.25, -0.2) is 4.79 Å². The zero-order valence-corrected chi connectivity index (χ0v) is 24.3. The average molecular weight is 605 g/mol. The van der Waals surface area contributed by atoms with Crippen LogP contribution in [0.5, 0.6) is 0 Å². The Hall–Kier alpha value is -4.30. The monoisotopic (exact) mass is 604 g/mol. The summed E-state index contributed by atoms with van der Waals surface area (Å²) in [5, 5.41) is 27.5. The summed E-state index contributed by atoms with van der Waals surface area (Å²) in [6.07, 6.45) is -0.650. The van der Waals surface area contributed by atoms with Crippen LogP contribution in [0.4, 0.5) is 10.5 Å². The lowest BCUT2D eigenvalue weighted by molar-refractivity contribution is -0.245. The van der Waals surface area contributed by atoms with Crippen LogP contribution < -0.4 is 10.6 Å². The number of carbonyl (C=O) groups excluding carboxylic acids is 2. The van der Waals surface area contributed by atoms with E-state index in [0.717, 1.165) is 16.8 Å². The zero-order valence-electron chi connectivity index (χ0n) is 23.5. The molecular weight excluding hydrogens is 572 g/mol. The molecule has 1 saturated heterocycles. The van der Waals surface area contributed by atoms with E-state index in [1.165, 1.54) is 11.8 Å².